The summed E-state index contributed by atoms with van der Waals surface area (Å²) in [7, 11) is 1.53. The van der Waals surface area contributed by atoms with Crippen LogP contribution in [0.1, 0.15) is 34.7 Å². The molecule has 0 saturated heterocycles. The second-order valence-corrected chi connectivity index (χ2v) is 9.31. The maximum atomic E-state index is 10.3. The molecule has 29 heavy (non-hydrogen) atoms. The molecule has 2 aromatic carbocycles. The molecule has 1 aromatic heterocycles. The maximum Gasteiger partial charge on any atom is 0.215 e. The molecule has 2 aliphatic heterocycles. The number of methoxy groups -OCH3 is 1. The molecule has 0 bridgehead atoms. The molecule has 0 amide bonds. The third-order valence-corrected chi connectivity index (χ3v) is 8.24. The molecule has 1 N–H and O–H groups in total. The van der Waals surface area contributed by atoms with Gasteiger partial charge in [0.15, 0.2) is 11.5 Å². The summed E-state index contributed by atoms with van der Waals surface area (Å²) in [6.45, 7) is 0. The lowest BCUT2D eigenvalue weighted by atomic mass is 9.97. The van der Waals surface area contributed by atoms with Crippen molar-refractivity contribution < 1.29 is 14.6 Å². The molecule has 5 rings (SSSR count). The number of phenols is 1. The number of hydrogen-bond acceptors (Lipinski definition) is 6. The zero-order valence-electron chi connectivity index (χ0n) is 15.3. The number of nitrogens with zero attached hydrogens (tertiary/aromatic N) is 2. The van der Waals surface area contributed by atoms with E-state index in [-0.39, 0.29) is 11.8 Å². The highest BCUT2D eigenvalue weighted by molar-refractivity contribution is 9.13. The molecule has 3 aromatic rings. The summed E-state index contributed by atoms with van der Waals surface area (Å²) < 4.78 is 13.0. The van der Waals surface area contributed by atoms with Gasteiger partial charge >= 0.3 is 0 Å². The van der Waals surface area contributed by atoms with Crippen LogP contribution in [0.15, 0.2) is 61.9 Å². The number of hydrazone groups is 1. The molecule has 2 atom stereocenters. The first-order valence-corrected chi connectivity index (χ1v) is 11.4. The number of thiophene rings is 1. The van der Waals surface area contributed by atoms with Gasteiger partial charge in [0, 0.05) is 22.0 Å². The summed E-state index contributed by atoms with van der Waals surface area (Å²) in [5, 5.41) is 19.4. The fraction of sp³-hybridized carbons (Fsp3) is 0.190. The van der Waals surface area contributed by atoms with Crippen molar-refractivity contribution in [2.75, 3.05) is 7.11 Å². The molecule has 0 fully saturated rings. The first-order valence-electron chi connectivity index (χ1n) is 8.98. The number of phenolic OH excluding ortho intramolecular Hbond substituents is 1. The average Bonchev–Trinajstić information content (AvgIpc) is 3.42. The Kier molecular flexibility index (Phi) is 4.80. The van der Waals surface area contributed by atoms with Gasteiger partial charge in [-0.25, -0.2) is 5.01 Å². The Morgan fingerprint density at radius 3 is 2.76 bits per heavy atom. The van der Waals surface area contributed by atoms with Crippen molar-refractivity contribution >= 4 is 48.9 Å². The molecule has 2 aliphatic rings. The molecule has 8 heteroatoms. The number of hydrogen-bond donors (Lipinski definition) is 1. The third kappa shape index (κ3) is 3.05. The van der Waals surface area contributed by atoms with E-state index in [1.165, 1.54) is 12.0 Å². The minimum atomic E-state index is -0.465. The van der Waals surface area contributed by atoms with Crippen molar-refractivity contribution in [2.24, 2.45) is 5.10 Å². The van der Waals surface area contributed by atoms with E-state index in [1.807, 2.05) is 29.3 Å². The van der Waals surface area contributed by atoms with Crippen LogP contribution in [0, 0.1) is 0 Å². The summed E-state index contributed by atoms with van der Waals surface area (Å²) in [5.41, 5.74) is 3.00. The normalized spacial score (nSPS) is 20.0. The van der Waals surface area contributed by atoms with Crippen molar-refractivity contribution in [1.29, 1.82) is 0 Å². The summed E-state index contributed by atoms with van der Waals surface area (Å²) in [6.07, 6.45) is 0.346. The lowest BCUT2D eigenvalue weighted by molar-refractivity contribution is -0.0196. The van der Waals surface area contributed by atoms with Gasteiger partial charge in [0.25, 0.3) is 0 Å². The van der Waals surface area contributed by atoms with Crippen molar-refractivity contribution in [2.45, 2.75) is 18.7 Å². The first kappa shape index (κ1) is 19.0. The van der Waals surface area contributed by atoms with E-state index >= 15 is 0 Å². The van der Waals surface area contributed by atoms with E-state index in [0.29, 0.717) is 14.7 Å². The predicted molar refractivity (Wildman–Crippen MR) is 120 cm³/mol. The molecule has 5 nitrogen and oxygen atoms in total. The standard InChI is InChI=1S/C21H16Br2N2O3S/c1-27-16-9-12(18(22)19(23)20(16)26)21-25-14(11-5-2-3-6-15(11)28-21)10-13(24-25)17-7-4-8-29-17/h2-9,14,21,26H,10H2,1H3/t14-,21-/m0/s1. The highest BCUT2D eigenvalue weighted by Gasteiger charge is 2.42. The Hall–Kier alpha value is -2.03. The van der Waals surface area contributed by atoms with E-state index < -0.39 is 6.23 Å². The van der Waals surface area contributed by atoms with E-state index in [9.17, 15) is 5.11 Å². The molecular weight excluding hydrogens is 520 g/mol. The van der Waals surface area contributed by atoms with E-state index in [1.54, 1.807) is 17.4 Å². The molecule has 148 valence electrons. The molecular formula is C21H16Br2N2O3S. The molecule has 0 radical (unpaired) electrons. The Morgan fingerprint density at radius 2 is 2.00 bits per heavy atom. The van der Waals surface area contributed by atoms with Gasteiger partial charge < -0.3 is 14.6 Å². The van der Waals surface area contributed by atoms with Crippen molar-refractivity contribution in [3.63, 3.8) is 0 Å². The predicted octanol–water partition coefficient (Wildman–Crippen LogP) is 6.23. The van der Waals surface area contributed by atoms with Crippen LogP contribution in [0.25, 0.3) is 0 Å². The van der Waals surface area contributed by atoms with Gasteiger partial charge in [-0.15, -0.1) is 11.3 Å². The van der Waals surface area contributed by atoms with Crippen LogP contribution in [-0.4, -0.2) is 22.9 Å². The monoisotopic (exact) mass is 534 g/mol. The number of para-hydroxylation sites is 1. The number of benzene rings is 2. The summed E-state index contributed by atoms with van der Waals surface area (Å²) >= 11 is 8.75. The van der Waals surface area contributed by atoms with E-state index in [0.717, 1.165) is 29.0 Å². The average molecular weight is 536 g/mol. The Bertz CT molecular complexity index is 1120. The highest BCUT2D eigenvalue weighted by Crippen LogP contribution is 2.51. The second-order valence-electron chi connectivity index (χ2n) is 6.78. The van der Waals surface area contributed by atoms with Crippen molar-refractivity contribution in [3.05, 3.63) is 72.8 Å². The smallest absolute Gasteiger partial charge is 0.215 e. The van der Waals surface area contributed by atoms with E-state index in [2.05, 4.69) is 49.4 Å². The fourth-order valence-electron chi connectivity index (χ4n) is 3.78. The summed E-state index contributed by atoms with van der Waals surface area (Å²) in [4.78, 5) is 1.17. The van der Waals surface area contributed by atoms with Gasteiger partial charge in [-0.3, -0.25) is 0 Å². The minimum absolute atomic E-state index is 0.0417. The number of halogens is 2. The van der Waals surface area contributed by atoms with Crippen LogP contribution >= 0.6 is 43.2 Å². The largest absolute Gasteiger partial charge is 0.503 e. The third-order valence-electron chi connectivity index (χ3n) is 5.16. The second kappa shape index (κ2) is 7.34. The number of fused-ring (bicyclic) bond motifs is 3. The van der Waals surface area contributed by atoms with Gasteiger partial charge in [-0.1, -0.05) is 24.3 Å². The van der Waals surface area contributed by atoms with Gasteiger partial charge in [0.05, 0.1) is 28.2 Å². The number of aromatic hydroxyl groups is 1. The minimum Gasteiger partial charge on any atom is -0.503 e. The summed E-state index contributed by atoms with van der Waals surface area (Å²) in [5.74, 6) is 1.26. The molecule has 0 aliphatic carbocycles. The van der Waals surface area contributed by atoms with Crippen LogP contribution in [0.4, 0.5) is 0 Å². The fourth-order valence-corrected chi connectivity index (χ4v) is 5.42. The zero-order chi connectivity index (χ0) is 20.1. The Labute approximate surface area is 188 Å². The van der Waals surface area contributed by atoms with Crippen molar-refractivity contribution in [3.8, 4) is 17.2 Å². The quantitative estimate of drug-likeness (QED) is 0.432. The number of rotatable bonds is 3. The topological polar surface area (TPSA) is 54.3 Å². The summed E-state index contributed by atoms with van der Waals surface area (Å²) in [6, 6.07) is 14.1. The van der Waals surface area contributed by atoms with Crippen LogP contribution < -0.4 is 9.47 Å². The molecule has 0 unspecified atom stereocenters. The maximum absolute atomic E-state index is 10.3. The lowest BCUT2D eigenvalue weighted by Crippen LogP contribution is -2.34. The van der Waals surface area contributed by atoms with Crippen molar-refractivity contribution in [1.82, 2.24) is 5.01 Å². The Morgan fingerprint density at radius 1 is 1.17 bits per heavy atom. The van der Waals surface area contributed by atoms with Gasteiger partial charge in [-0.2, -0.15) is 5.10 Å². The van der Waals surface area contributed by atoms with Gasteiger partial charge in [0.1, 0.15) is 5.75 Å². The molecule has 0 spiro atoms. The van der Waals surface area contributed by atoms with Crippen LogP contribution in [0.2, 0.25) is 0 Å². The van der Waals surface area contributed by atoms with Gasteiger partial charge in [-0.05, 0) is 55.4 Å². The van der Waals surface area contributed by atoms with Crippen LogP contribution in [-0.2, 0) is 0 Å². The Balaban J connectivity index is 1.66. The van der Waals surface area contributed by atoms with Crippen LogP contribution in [0.5, 0.6) is 17.2 Å². The first-order chi connectivity index (χ1) is 14.1. The molecule has 0 saturated carbocycles. The number of ether oxygens (including phenoxy) is 2. The lowest BCUT2D eigenvalue weighted by Gasteiger charge is -2.38. The highest BCUT2D eigenvalue weighted by atomic mass is 79.9. The van der Waals surface area contributed by atoms with Gasteiger partial charge in [0.2, 0.25) is 6.23 Å². The van der Waals surface area contributed by atoms with E-state index in [4.69, 9.17) is 14.6 Å². The van der Waals surface area contributed by atoms with Crippen LogP contribution in [0.3, 0.4) is 0 Å². The molecule has 3 heterocycles. The zero-order valence-corrected chi connectivity index (χ0v) is 19.3. The SMILES string of the molecule is COc1cc([C@@H]2Oc3ccccc3[C@@H]3CC(c4cccs4)=NN32)c(Br)c(Br)c1O.